The number of benzene rings is 3. The lowest BCUT2D eigenvalue weighted by atomic mass is 10.0. The summed E-state index contributed by atoms with van der Waals surface area (Å²) in [6, 6.07) is 17.1. The minimum Gasteiger partial charge on any atom is -0.482 e. The SMILES string of the molecule is O=C(COc1cc2oc(=O)cc(-c3ccccc3)c2cc1Cl)Nc1cc2c(cc1Cl)OCO2. The van der Waals surface area contributed by atoms with Crippen molar-refractivity contribution in [1.29, 1.82) is 0 Å². The molecule has 1 aromatic heterocycles. The summed E-state index contributed by atoms with van der Waals surface area (Å²) in [4.78, 5) is 24.5. The van der Waals surface area contributed by atoms with E-state index in [0.717, 1.165) is 5.56 Å². The standard InChI is InChI=1S/C24H15Cl2NO6/c25-16-8-21-22(32-12-31-21)9-18(16)27-23(28)11-30-20-10-19-15(6-17(20)26)14(7-24(29)33-19)13-4-2-1-3-5-13/h1-10H,11-12H2,(H,27,28). The second-order valence-corrected chi connectivity index (χ2v) is 7.96. The normalized spacial score (nSPS) is 12.1. The fourth-order valence-electron chi connectivity index (χ4n) is 3.47. The van der Waals surface area contributed by atoms with Crippen LogP contribution in [0.1, 0.15) is 0 Å². The van der Waals surface area contributed by atoms with E-state index in [-0.39, 0.29) is 24.2 Å². The molecule has 166 valence electrons. The first-order valence-electron chi connectivity index (χ1n) is 9.82. The molecule has 1 aliphatic heterocycles. The van der Waals surface area contributed by atoms with E-state index in [1.54, 1.807) is 18.2 Å². The van der Waals surface area contributed by atoms with E-state index in [9.17, 15) is 9.59 Å². The predicted octanol–water partition coefficient (Wildman–Crippen LogP) is 5.51. The number of rotatable bonds is 5. The Balaban J connectivity index is 1.37. The van der Waals surface area contributed by atoms with E-state index in [2.05, 4.69) is 5.32 Å². The van der Waals surface area contributed by atoms with Crippen molar-refractivity contribution in [2.75, 3.05) is 18.7 Å². The Kier molecular flexibility index (Phi) is 5.58. The first-order chi connectivity index (χ1) is 16.0. The zero-order chi connectivity index (χ0) is 22.9. The van der Waals surface area contributed by atoms with E-state index in [0.29, 0.717) is 38.7 Å². The van der Waals surface area contributed by atoms with E-state index < -0.39 is 11.5 Å². The van der Waals surface area contributed by atoms with Gasteiger partial charge in [0.15, 0.2) is 18.1 Å². The lowest BCUT2D eigenvalue weighted by Gasteiger charge is -2.12. The molecule has 0 aliphatic carbocycles. The Morgan fingerprint density at radius 2 is 1.73 bits per heavy atom. The minimum atomic E-state index is -0.509. The number of hydrogen-bond donors (Lipinski definition) is 1. The highest BCUT2D eigenvalue weighted by Crippen LogP contribution is 2.39. The number of carbonyl (C=O) groups excluding carboxylic acids is 1. The maximum absolute atomic E-state index is 12.4. The molecule has 4 aromatic rings. The Bertz CT molecular complexity index is 1430. The largest absolute Gasteiger partial charge is 0.482 e. The van der Waals surface area contributed by atoms with Gasteiger partial charge in [-0.2, -0.15) is 0 Å². The second kappa shape index (κ2) is 8.69. The molecular formula is C24H15Cl2NO6. The molecule has 1 amide bonds. The number of nitrogens with one attached hydrogen (secondary N) is 1. The average molecular weight is 484 g/mol. The zero-order valence-electron chi connectivity index (χ0n) is 16.9. The van der Waals surface area contributed by atoms with Gasteiger partial charge in [0, 0.05) is 29.7 Å². The van der Waals surface area contributed by atoms with E-state index in [4.69, 9.17) is 41.8 Å². The smallest absolute Gasteiger partial charge is 0.336 e. The minimum absolute atomic E-state index is 0.0920. The van der Waals surface area contributed by atoms with Gasteiger partial charge in [0.2, 0.25) is 6.79 Å². The fraction of sp³-hybridized carbons (Fsp3) is 0.0833. The summed E-state index contributed by atoms with van der Waals surface area (Å²) in [7, 11) is 0. The van der Waals surface area contributed by atoms with Crippen LogP contribution in [0.25, 0.3) is 22.1 Å². The Labute approximate surface area is 197 Å². The van der Waals surface area contributed by atoms with Crippen molar-refractivity contribution in [3.05, 3.63) is 81.1 Å². The summed E-state index contributed by atoms with van der Waals surface area (Å²) >= 11 is 12.6. The molecule has 0 saturated carbocycles. The van der Waals surface area contributed by atoms with Crippen LogP contribution >= 0.6 is 23.2 Å². The third-order valence-corrected chi connectivity index (χ3v) is 5.58. The van der Waals surface area contributed by atoms with E-state index in [1.807, 2.05) is 30.3 Å². The molecule has 33 heavy (non-hydrogen) atoms. The Morgan fingerprint density at radius 3 is 2.52 bits per heavy atom. The summed E-state index contributed by atoms with van der Waals surface area (Å²) in [5, 5.41) is 3.87. The van der Waals surface area contributed by atoms with Crippen molar-refractivity contribution in [2.45, 2.75) is 0 Å². The zero-order valence-corrected chi connectivity index (χ0v) is 18.4. The van der Waals surface area contributed by atoms with Crippen LogP contribution in [0, 0.1) is 0 Å². The molecule has 5 rings (SSSR count). The summed E-state index contributed by atoms with van der Waals surface area (Å²) in [5.74, 6) is 0.724. The van der Waals surface area contributed by atoms with Crippen LogP contribution in [-0.4, -0.2) is 19.3 Å². The third-order valence-electron chi connectivity index (χ3n) is 4.98. The highest BCUT2D eigenvalue weighted by molar-refractivity contribution is 6.34. The third kappa shape index (κ3) is 4.33. The molecule has 1 N–H and O–H groups in total. The fourth-order valence-corrected chi connectivity index (χ4v) is 3.89. The first kappa shape index (κ1) is 21.2. The van der Waals surface area contributed by atoms with Gasteiger partial charge in [0.1, 0.15) is 11.3 Å². The maximum atomic E-state index is 12.4. The van der Waals surface area contributed by atoms with Gasteiger partial charge in [-0.15, -0.1) is 0 Å². The lowest BCUT2D eigenvalue weighted by Crippen LogP contribution is -2.20. The molecule has 0 bridgehead atoms. The van der Waals surface area contributed by atoms with Crippen molar-refractivity contribution in [3.8, 4) is 28.4 Å². The topological polar surface area (TPSA) is 87.0 Å². The average Bonchev–Trinajstić information content (AvgIpc) is 3.25. The van der Waals surface area contributed by atoms with Crippen molar-refractivity contribution >= 4 is 45.8 Å². The number of fused-ring (bicyclic) bond motifs is 2. The lowest BCUT2D eigenvalue weighted by molar-refractivity contribution is -0.118. The Hall–Kier alpha value is -3.68. The number of amides is 1. The first-order valence-corrected chi connectivity index (χ1v) is 10.6. The number of anilines is 1. The molecule has 0 atom stereocenters. The van der Waals surface area contributed by atoms with Gasteiger partial charge in [0.05, 0.1) is 15.7 Å². The van der Waals surface area contributed by atoms with Crippen LogP contribution in [0.2, 0.25) is 10.0 Å². The van der Waals surface area contributed by atoms with Crippen LogP contribution in [0.15, 0.2) is 69.9 Å². The van der Waals surface area contributed by atoms with Gasteiger partial charge in [-0.1, -0.05) is 53.5 Å². The second-order valence-electron chi connectivity index (χ2n) is 7.15. The molecule has 9 heteroatoms. The van der Waals surface area contributed by atoms with Gasteiger partial charge in [-0.05, 0) is 17.2 Å². The van der Waals surface area contributed by atoms with Crippen LogP contribution in [0.3, 0.4) is 0 Å². The van der Waals surface area contributed by atoms with Crippen LogP contribution in [0.5, 0.6) is 17.2 Å². The number of halogens is 2. The molecule has 0 spiro atoms. The van der Waals surface area contributed by atoms with Gasteiger partial charge in [-0.3, -0.25) is 4.79 Å². The maximum Gasteiger partial charge on any atom is 0.336 e. The molecule has 0 fully saturated rings. The quantitative estimate of drug-likeness (QED) is 0.376. The number of ether oxygens (including phenoxy) is 3. The van der Waals surface area contributed by atoms with Crippen molar-refractivity contribution in [1.82, 2.24) is 0 Å². The van der Waals surface area contributed by atoms with Gasteiger partial charge < -0.3 is 23.9 Å². The molecule has 0 unspecified atom stereocenters. The monoisotopic (exact) mass is 483 g/mol. The van der Waals surface area contributed by atoms with Gasteiger partial charge in [0.25, 0.3) is 5.91 Å². The molecule has 1 aliphatic rings. The van der Waals surface area contributed by atoms with Crippen molar-refractivity contribution < 1.29 is 23.4 Å². The van der Waals surface area contributed by atoms with E-state index >= 15 is 0 Å². The molecule has 7 nitrogen and oxygen atoms in total. The predicted molar refractivity (Wildman–Crippen MR) is 125 cm³/mol. The number of hydrogen-bond acceptors (Lipinski definition) is 6. The highest BCUT2D eigenvalue weighted by Gasteiger charge is 2.18. The highest BCUT2D eigenvalue weighted by atomic mass is 35.5. The summed E-state index contributed by atoms with van der Waals surface area (Å²) in [6.07, 6.45) is 0. The van der Waals surface area contributed by atoms with Crippen LogP contribution in [-0.2, 0) is 4.79 Å². The summed E-state index contributed by atoms with van der Waals surface area (Å²) in [5.41, 5.74) is 1.67. The molecule has 0 saturated heterocycles. The molecule has 0 radical (unpaired) electrons. The molecule has 2 heterocycles. The van der Waals surface area contributed by atoms with Crippen molar-refractivity contribution in [2.24, 2.45) is 0 Å². The molecule has 3 aromatic carbocycles. The van der Waals surface area contributed by atoms with Gasteiger partial charge >= 0.3 is 5.63 Å². The van der Waals surface area contributed by atoms with Crippen LogP contribution in [0.4, 0.5) is 5.69 Å². The summed E-state index contributed by atoms with van der Waals surface area (Å²) < 4.78 is 21.5. The Morgan fingerprint density at radius 1 is 0.970 bits per heavy atom. The van der Waals surface area contributed by atoms with Crippen LogP contribution < -0.4 is 25.2 Å². The van der Waals surface area contributed by atoms with Gasteiger partial charge in [-0.25, -0.2) is 4.79 Å². The van der Waals surface area contributed by atoms with E-state index in [1.165, 1.54) is 12.1 Å². The summed E-state index contributed by atoms with van der Waals surface area (Å²) in [6.45, 7) is -0.257. The number of carbonyl (C=O) groups is 1. The molecular weight excluding hydrogens is 469 g/mol. The van der Waals surface area contributed by atoms with Crippen molar-refractivity contribution in [3.63, 3.8) is 0 Å².